The lowest BCUT2D eigenvalue weighted by molar-refractivity contribution is -0.143. The fourth-order valence-corrected chi connectivity index (χ4v) is 5.26. The minimum Gasteiger partial charge on any atom is -0.419 e. The Morgan fingerprint density at radius 1 is 1.08 bits per heavy atom. The number of aromatic nitrogens is 2. The number of benzene rings is 2. The molecule has 1 amide bonds. The first kappa shape index (κ1) is 24.8. The Labute approximate surface area is 212 Å². The van der Waals surface area contributed by atoms with Gasteiger partial charge in [0.25, 0.3) is 5.91 Å². The normalized spacial score (nSPS) is 19.8. The van der Waals surface area contributed by atoms with E-state index in [1.165, 1.54) is 16.8 Å². The second-order valence-corrected chi connectivity index (χ2v) is 10.5. The predicted molar refractivity (Wildman–Crippen MR) is 131 cm³/mol. The maximum Gasteiger partial charge on any atom is 0.316 e. The van der Waals surface area contributed by atoms with E-state index in [0.29, 0.717) is 24.9 Å². The first-order valence-corrected chi connectivity index (χ1v) is 12.2. The van der Waals surface area contributed by atoms with Crippen LogP contribution in [-0.4, -0.2) is 39.1 Å². The van der Waals surface area contributed by atoms with Gasteiger partial charge in [0.2, 0.25) is 11.2 Å². The van der Waals surface area contributed by atoms with Crippen molar-refractivity contribution < 1.29 is 23.1 Å². The van der Waals surface area contributed by atoms with Gasteiger partial charge in [0.05, 0.1) is 23.7 Å². The summed E-state index contributed by atoms with van der Waals surface area (Å²) < 4.78 is 36.7. The highest BCUT2D eigenvalue weighted by Crippen LogP contribution is 2.46. The molecule has 0 aliphatic carbocycles. The summed E-state index contributed by atoms with van der Waals surface area (Å²) in [4.78, 5) is 40.9. The highest BCUT2D eigenvalue weighted by atomic mass is 19.2. The molecule has 1 aromatic heterocycles. The Bertz CT molecular complexity index is 1430. The second kappa shape index (κ2) is 9.21. The molecule has 3 heterocycles. The molecule has 2 aromatic carbocycles. The summed E-state index contributed by atoms with van der Waals surface area (Å²) >= 11 is 0. The summed E-state index contributed by atoms with van der Waals surface area (Å²) in [6.07, 6.45) is 2.31. The van der Waals surface area contributed by atoms with Crippen molar-refractivity contribution in [2.24, 2.45) is 5.41 Å². The number of hydrogen-bond donors (Lipinski definition) is 0. The number of ether oxygens (including phenoxy) is 1. The maximum atomic E-state index is 15.3. The molecule has 1 unspecified atom stereocenters. The lowest BCUT2D eigenvalue weighted by Gasteiger charge is -2.42. The van der Waals surface area contributed by atoms with Crippen LogP contribution in [0, 0.1) is 17.0 Å². The largest absolute Gasteiger partial charge is 0.419 e. The van der Waals surface area contributed by atoms with Gasteiger partial charge in [-0.25, -0.2) is 13.5 Å². The van der Waals surface area contributed by atoms with E-state index in [1.54, 1.807) is 37.8 Å². The number of nitrogens with zero attached hydrogens (tertiary/aromatic N) is 3. The molecule has 5 rings (SSSR count). The molecule has 7 nitrogen and oxygen atoms in total. The second-order valence-electron chi connectivity index (χ2n) is 10.5. The van der Waals surface area contributed by atoms with Crippen LogP contribution in [0.15, 0.2) is 59.5 Å². The molecule has 3 aromatic rings. The lowest BCUT2D eigenvalue weighted by Crippen LogP contribution is -2.51. The van der Waals surface area contributed by atoms with Gasteiger partial charge in [0.1, 0.15) is 0 Å². The van der Waals surface area contributed by atoms with E-state index in [-0.39, 0.29) is 11.3 Å². The molecular weight excluding hydrogens is 480 g/mol. The lowest BCUT2D eigenvalue weighted by atomic mass is 9.79. The number of carbonyl (C=O) groups excluding carboxylic acids is 2. The molecular formula is C28H27F2N3O4. The smallest absolute Gasteiger partial charge is 0.316 e. The van der Waals surface area contributed by atoms with Crippen LogP contribution in [-0.2, 0) is 4.79 Å². The molecule has 0 radical (unpaired) electrons. The van der Waals surface area contributed by atoms with Crippen molar-refractivity contribution in [1.82, 2.24) is 14.7 Å². The minimum atomic E-state index is -0.986. The first-order valence-electron chi connectivity index (χ1n) is 12.2. The monoisotopic (exact) mass is 507 g/mol. The van der Waals surface area contributed by atoms with E-state index in [0.717, 1.165) is 12.3 Å². The predicted octanol–water partition coefficient (Wildman–Crippen LogP) is 4.46. The van der Waals surface area contributed by atoms with Crippen LogP contribution in [0.2, 0.25) is 0 Å². The summed E-state index contributed by atoms with van der Waals surface area (Å²) in [6.45, 7) is 5.34. The van der Waals surface area contributed by atoms with Gasteiger partial charge in [-0.1, -0.05) is 42.5 Å². The van der Waals surface area contributed by atoms with Crippen LogP contribution in [0.4, 0.5) is 8.78 Å². The summed E-state index contributed by atoms with van der Waals surface area (Å²) in [5, 5.41) is 4.31. The molecule has 3 atom stereocenters. The molecule has 2 aliphatic rings. The molecule has 1 fully saturated rings. The number of fused-ring (bicyclic) bond motifs is 2. The van der Waals surface area contributed by atoms with Gasteiger partial charge in [0, 0.05) is 18.0 Å². The Kier molecular flexibility index (Phi) is 6.17. The summed E-state index contributed by atoms with van der Waals surface area (Å²) in [7, 11) is 0. The van der Waals surface area contributed by atoms with E-state index in [9.17, 15) is 18.8 Å². The minimum absolute atomic E-state index is 0.108. The third-order valence-electron chi connectivity index (χ3n) is 7.03. The van der Waals surface area contributed by atoms with Gasteiger partial charge in [-0.15, -0.1) is 0 Å². The zero-order valence-corrected chi connectivity index (χ0v) is 20.8. The van der Waals surface area contributed by atoms with E-state index in [4.69, 9.17) is 4.74 Å². The topological polar surface area (TPSA) is 81.5 Å². The third-order valence-corrected chi connectivity index (χ3v) is 7.03. The summed E-state index contributed by atoms with van der Waals surface area (Å²) in [5.74, 6) is -4.28. The average Bonchev–Trinajstić information content (AvgIpc) is 3.35. The standard InChI is InChI=1S/C28H27F2N3O4/c1-28(2,3)27(36)37-25-20(34)15-31-33-23(19-13-8-14-32(19)26(35)24(25)33)21(16-9-5-4-6-10-16)17-11-7-12-18(29)22(17)30/h4-7,9-12,15,19,21,23H,8,13-14H2,1-3H3/t19-,21?,23-/m1/s1. The zero-order valence-electron chi connectivity index (χ0n) is 20.8. The van der Waals surface area contributed by atoms with Gasteiger partial charge in [-0.05, 0) is 45.2 Å². The highest BCUT2D eigenvalue weighted by molar-refractivity contribution is 5.97. The molecule has 0 spiro atoms. The molecule has 37 heavy (non-hydrogen) atoms. The third kappa shape index (κ3) is 4.22. The van der Waals surface area contributed by atoms with Gasteiger partial charge in [-0.3, -0.25) is 14.4 Å². The summed E-state index contributed by atoms with van der Waals surface area (Å²) in [6, 6.07) is 12.0. The quantitative estimate of drug-likeness (QED) is 0.487. The molecule has 192 valence electrons. The molecule has 2 aliphatic heterocycles. The fraction of sp³-hybridized carbons (Fsp3) is 0.357. The molecule has 0 N–H and O–H groups in total. The number of halogens is 2. The number of esters is 1. The van der Waals surface area contributed by atoms with Crippen molar-refractivity contribution in [3.8, 4) is 5.75 Å². The Morgan fingerprint density at radius 2 is 1.81 bits per heavy atom. The van der Waals surface area contributed by atoms with Gasteiger partial charge in [0.15, 0.2) is 17.3 Å². The van der Waals surface area contributed by atoms with Crippen molar-refractivity contribution in [3.05, 3.63) is 93.4 Å². The summed E-state index contributed by atoms with van der Waals surface area (Å²) in [5.41, 5.74) is -1.000. The molecule has 9 heteroatoms. The zero-order chi connectivity index (χ0) is 26.5. The van der Waals surface area contributed by atoms with E-state index in [1.807, 2.05) is 18.2 Å². The number of rotatable bonds is 4. The van der Waals surface area contributed by atoms with Crippen molar-refractivity contribution in [1.29, 1.82) is 0 Å². The van der Waals surface area contributed by atoms with E-state index in [2.05, 4.69) is 5.10 Å². The van der Waals surface area contributed by atoms with Crippen molar-refractivity contribution in [3.63, 3.8) is 0 Å². The van der Waals surface area contributed by atoms with Gasteiger partial charge >= 0.3 is 5.97 Å². The number of amides is 1. The molecule has 1 saturated heterocycles. The van der Waals surface area contributed by atoms with Crippen LogP contribution in [0.3, 0.4) is 0 Å². The van der Waals surface area contributed by atoms with Crippen LogP contribution < -0.4 is 10.2 Å². The van der Waals surface area contributed by atoms with Crippen LogP contribution in [0.1, 0.15) is 67.2 Å². The maximum absolute atomic E-state index is 15.3. The van der Waals surface area contributed by atoms with Crippen molar-refractivity contribution in [2.75, 3.05) is 6.54 Å². The first-order chi connectivity index (χ1) is 17.6. The van der Waals surface area contributed by atoms with Crippen LogP contribution in [0.25, 0.3) is 0 Å². The van der Waals surface area contributed by atoms with Crippen LogP contribution >= 0.6 is 0 Å². The van der Waals surface area contributed by atoms with Gasteiger partial charge < -0.3 is 9.64 Å². The molecule has 0 saturated carbocycles. The Morgan fingerprint density at radius 3 is 2.51 bits per heavy atom. The van der Waals surface area contributed by atoms with Crippen molar-refractivity contribution in [2.45, 2.75) is 51.6 Å². The van der Waals surface area contributed by atoms with Gasteiger partial charge in [-0.2, -0.15) is 5.10 Å². The molecule has 0 bridgehead atoms. The average molecular weight is 508 g/mol. The van der Waals surface area contributed by atoms with Crippen LogP contribution in [0.5, 0.6) is 5.75 Å². The van der Waals surface area contributed by atoms with Crippen molar-refractivity contribution >= 4 is 11.9 Å². The Balaban J connectivity index is 1.77. The Hall–Kier alpha value is -3.88. The number of hydrogen-bond acceptors (Lipinski definition) is 5. The highest BCUT2D eigenvalue weighted by Gasteiger charge is 2.49. The van der Waals surface area contributed by atoms with E-state index >= 15 is 4.39 Å². The van der Waals surface area contributed by atoms with E-state index < -0.39 is 58.1 Å². The fourth-order valence-electron chi connectivity index (χ4n) is 5.26. The SMILES string of the molecule is CC(C)(C)C(=O)Oc1c2n(ncc1=O)[C@@H](C(c1ccccc1)c1cccc(F)c1F)[C@H]1CCCN1C2=O. The number of carbonyl (C=O) groups is 2.